The standard InChI is InChI=1S/C17H14FN3O3/c1-24-13-6-7-14-11(8-13)9-15(19-14)17(23)21-20-16(22)10-2-4-12(18)5-3-10/h2-9,19H,1H3,(H,20,22)(H,21,23). The van der Waals surface area contributed by atoms with Crippen molar-refractivity contribution in [2.45, 2.75) is 0 Å². The highest BCUT2D eigenvalue weighted by Crippen LogP contribution is 2.21. The first kappa shape index (κ1) is 15.5. The summed E-state index contributed by atoms with van der Waals surface area (Å²) in [4.78, 5) is 26.9. The Morgan fingerprint density at radius 2 is 1.71 bits per heavy atom. The maximum Gasteiger partial charge on any atom is 0.286 e. The summed E-state index contributed by atoms with van der Waals surface area (Å²) >= 11 is 0. The predicted octanol–water partition coefficient (Wildman–Crippen LogP) is 2.39. The van der Waals surface area contributed by atoms with Gasteiger partial charge in [0.1, 0.15) is 17.3 Å². The lowest BCUT2D eigenvalue weighted by atomic mass is 10.2. The number of nitrogens with one attached hydrogen (secondary N) is 3. The lowest BCUT2D eigenvalue weighted by Crippen LogP contribution is -2.41. The molecular formula is C17H14FN3O3. The molecule has 0 aliphatic rings. The van der Waals surface area contributed by atoms with Crippen LogP contribution in [-0.2, 0) is 0 Å². The summed E-state index contributed by atoms with van der Waals surface area (Å²) in [6, 6.07) is 12.0. The molecule has 0 fully saturated rings. The van der Waals surface area contributed by atoms with Gasteiger partial charge in [-0.05, 0) is 48.5 Å². The maximum atomic E-state index is 12.8. The second kappa shape index (κ2) is 6.41. The van der Waals surface area contributed by atoms with Gasteiger partial charge in [0.15, 0.2) is 0 Å². The van der Waals surface area contributed by atoms with Crippen molar-refractivity contribution in [3.8, 4) is 5.75 Å². The molecule has 0 spiro atoms. The number of aromatic nitrogens is 1. The third-order valence-electron chi connectivity index (χ3n) is 3.47. The molecule has 0 atom stereocenters. The monoisotopic (exact) mass is 327 g/mol. The fourth-order valence-electron chi connectivity index (χ4n) is 2.21. The molecule has 0 saturated carbocycles. The number of hydrazine groups is 1. The number of hydrogen-bond acceptors (Lipinski definition) is 3. The summed E-state index contributed by atoms with van der Waals surface area (Å²) < 4.78 is 18.0. The van der Waals surface area contributed by atoms with Crippen molar-refractivity contribution in [3.63, 3.8) is 0 Å². The average Bonchev–Trinajstić information content (AvgIpc) is 3.03. The minimum Gasteiger partial charge on any atom is -0.497 e. The number of H-pyrrole nitrogens is 1. The summed E-state index contributed by atoms with van der Waals surface area (Å²) in [5.74, 6) is -0.802. The van der Waals surface area contributed by atoms with Crippen molar-refractivity contribution in [1.82, 2.24) is 15.8 Å². The minimum atomic E-state index is -0.541. The molecular weight excluding hydrogens is 313 g/mol. The Hall–Kier alpha value is -3.35. The largest absolute Gasteiger partial charge is 0.497 e. The first-order valence-corrected chi connectivity index (χ1v) is 7.10. The molecule has 7 heteroatoms. The van der Waals surface area contributed by atoms with Gasteiger partial charge in [-0.25, -0.2) is 4.39 Å². The van der Waals surface area contributed by atoms with E-state index in [-0.39, 0.29) is 11.3 Å². The predicted molar refractivity (Wildman–Crippen MR) is 86.2 cm³/mol. The van der Waals surface area contributed by atoms with Crippen molar-refractivity contribution in [2.24, 2.45) is 0 Å². The highest BCUT2D eigenvalue weighted by atomic mass is 19.1. The lowest BCUT2D eigenvalue weighted by Gasteiger charge is -2.06. The van der Waals surface area contributed by atoms with Crippen LogP contribution in [0.25, 0.3) is 10.9 Å². The number of aromatic amines is 1. The Kier molecular flexibility index (Phi) is 4.15. The van der Waals surface area contributed by atoms with Crippen molar-refractivity contribution in [1.29, 1.82) is 0 Å². The van der Waals surface area contributed by atoms with Crippen LogP contribution in [0.4, 0.5) is 4.39 Å². The van der Waals surface area contributed by atoms with Crippen LogP contribution in [0, 0.1) is 5.82 Å². The van der Waals surface area contributed by atoms with E-state index in [1.54, 1.807) is 31.4 Å². The molecule has 1 aromatic heterocycles. The molecule has 0 aliphatic heterocycles. The topological polar surface area (TPSA) is 83.2 Å². The SMILES string of the molecule is COc1ccc2[nH]c(C(=O)NNC(=O)c3ccc(F)cc3)cc2c1. The van der Waals surface area contributed by atoms with Crippen LogP contribution in [0.5, 0.6) is 5.75 Å². The van der Waals surface area contributed by atoms with Crippen molar-refractivity contribution in [3.05, 3.63) is 65.6 Å². The Bertz CT molecular complexity index is 903. The van der Waals surface area contributed by atoms with Crippen LogP contribution in [0.2, 0.25) is 0 Å². The molecule has 3 aromatic rings. The third-order valence-corrected chi connectivity index (χ3v) is 3.47. The Balaban J connectivity index is 1.68. The first-order valence-electron chi connectivity index (χ1n) is 7.10. The first-order chi connectivity index (χ1) is 11.6. The summed E-state index contributed by atoms with van der Waals surface area (Å²) in [5.41, 5.74) is 5.88. The molecule has 6 nitrogen and oxygen atoms in total. The smallest absolute Gasteiger partial charge is 0.286 e. The molecule has 2 amide bonds. The fraction of sp³-hybridized carbons (Fsp3) is 0.0588. The Morgan fingerprint density at radius 3 is 2.42 bits per heavy atom. The zero-order chi connectivity index (χ0) is 17.1. The summed E-state index contributed by atoms with van der Waals surface area (Å²) in [6.45, 7) is 0. The van der Waals surface area contributed by atoms with Crippen LogP contribution in [0.1, 0.15) is 20.8 Å². The fourth-order valence-corrected chi connectivity index (χ4v) is 2.21. The molecule has 2 aromatic carbocycles. The van der Waals surface area contributed by atoms with E-state index >= 15 is 0 Å². The van der Waals surface area contributed by atoms with Crippen molar-refractivity contribution < 1.29 is 18.7 Å². The normalized spacial score (nSPS) is 10.4. The van der Waals surface area contributed by atoms with E-state index in [2.05, 4.69) is 15.8 Å². The second-order valence-electron chi connectivity index (χ2n) is 5.05. The quantitative estimate of drug-likeness (QED) is 0.646. The van der Waals surface area contributed by atoms with Crippen LogP contribution < -0.4 is 15.6 Å². The van der Waals surface area contributed by atoms with Crippen molar-refractivity contribution in [2.75, 3.05) is 7.11 Å². The Morgan fingerprint density at radius 1 is 1.00 bits per heavy atom. The van der Waals surface area contributed by atoms with Crippen LogP contribution in [0.3, 0.4) is 0 Å². The number of hydrogen-bond donors (Lipinski definition) is 3. The number of halogens is 1. The highest BCUT2D eigenvalue weighted by Gasteiger charge is 2.12. The van der Waals surface area contributed by atoms with Gasteiger partial charge >= 0.3 is 0 Å². The van der Waals surface area contributed by atoms with Gasteiger partial charge in [0.25, 0.3) is 11.8 Å². The lowest BCUT2D eigenvalue weighted by molar-refractivity contribution is 0.0844. The van der Waals surface area contributed by atoms with E-state index in [0.29, 0.717) is 5.75 Å². The third kappa shape index (κ3) is 3.19. The summed E-state index contributed by atoms with van der Waals surface area (Å²) in [5, 5.41) is 0.810. The Labute approximate surface area is 136 Å². The van der Waals surface area contributed by atoms with Gasteiger partial charge in [-0.15, -0.1) is 0 Å². The van der Waals surface area contributed by atoms with Crippen LogP contribution >= 0.6 is 0 Å². The number of carbonyl (C=O) groups is 2. The molecule has 122 valence electrons. The average molecular weight is 327 g/mol. The molecule has 0 saturated heterocycles. The van der Waals surface area contributed by atoms with Gasteiger partial charge in [-0.1, -0.05) is 0 Å². The molecule has 0 bridgehead atoms. The molecule has 3 N–H and O–H groups in total. The zero-order valence-corrected chi connectivity index (χ0v) is 12.7. The number of methoxy groups -OCH3 is 1. The van der Waals surface area contributed by atoms with Gasteiger partial charge in [0.05, 0.1) is 7.11 Å². The van der Waals surface area contributed by atoms with Crippen LogP contribution in [0.15, 0.2) is 48.5 Å². The van der Waals surface area contributed by atoms with Gasteiger partial charge in [0, 0.05) is 16.5 Å². The molecule has 0 aliphatic carbocycles. The molecule has 24 heavy (non-hydrogen) atoms. The number of amides is 2. The molecule has 3 rings (SSSR count). The van der Waals surface area contributed by atoms with Gasteiger partial charge in [-0.2, -0.15) is 0 Å². The number of rotatable bonds is 3. The zero-order valence-electron chi connectivity index (χ0n) is 12.7. The number of ether oxygens (including phenoxy) is 1. The number of fused-ring (bicyclic) bond motifs is 1. The minimum absolute atomic E-state index is 0.234. The van der Waals surface area contributed by atoms with E-state index in [0.717, 1.165) is 10.9 Å². The molecule has 1 heterocycles. The van der Waals surface area contributed by atoms with Gasteiger partial charge in [0.2, 0.25) is 0 Å². The summed E-state index contributed by atoms with van der Waals surface area (Å²) in [6.07, 6.45) is 0. The van der Waals surface area contributed by atoms with Crippen molar-refractivity contribution >= 4 is 22.7 Å². The van der Waals surface area contributed by atoms with E-state index < -0.39 is 17.6 Å². The summed E-state index contributed by atoms with van der Waals surface area (Å²) in [7, 11) is 1.56. The number of carbonyl (C=O) groups excluding carboxylic acids is 2. The van der Waals surface area contributed by atoms with Gasteiger partial charge < -0.3 is 9.72 Å². The molecule has 0 unspecified atom stereocenters. The van der Waals surface area contributed by atoms with E-state index in [4.69, 9.17) is 4.74 Å². The van der Waals surface area contributed by atoms with Crippen LogP contribution in [-0.4, -0.2) is 23.9 Å². The van der Waals surface area contributed by atoms with Gasteiger partial charge in [-0.3, -0.25) is 20.4 Å². The molecule has 0 radical (unpaired) electrons. The second-order valence-corrected chi connectivity index (χ2v) is 5.05. The van der Waals surface area contributed by atoms with E-state index in [9.17, 15) is 14.0 Å². The maximum absolute atomic E-state index is 12.8. The van der Waals surface area contributed by atoms with E-state index in [1.807, 2.05) is 0 Å². The highest BCUT2D eigenvalue weighted by molar-refractivity contribution is 6.01. The number of benzene rings is 2. The van der Waals surface area contributed by atoms with E-state index in [1.165, 1.54) is 24.3 Å².